The third-order valence-corrected chi connectivity index (χ3v) is 3.69. The van der Waals surface area contributed by atoms with Crippen LogP contribution in [0.2, 0.25) is 0 Å². The van der Waals surface area contributed by atoms with E-state index in [0.29, 0.717) is 6.54 Å². The second-order valence-corrected chi connectivity index (χ2v) is 5.70. The van der Waals surface area contributed by atoms with E-state index in [4.69, 9.17) is 0 Å². The summed E-state index contributed by atoms with van der Waals surface area (Å²) in [6, 6.07) is 7.61. The third-order valence-electron chi connectivity index (χ3n) is 3.20. The van der Waals surface area contributed by atoms with Gasteiger partial charge in [-0.3, -0.25) is 4.79 Å². The number of amides is 1. The van der Waals surface area contributed by atoms with Crippen LogP contribution in [0.1, 0.15) is 12.8 Å². The topological polar surface area (TPSA) is 44.4 Å². The van der Waals surface area contributed by atoms with Crippen molar-refractivity contribution in [1.29, 1.82) is 0 Å². The molecule has 104 valence electrons. The first kappa shape index (κ1) is 14.5. The quantitative estimate of drug-likeness (QED) is 0.787. The summed E-state index contributed by atoms with van der Waals surface area (Å²) in [6.45, 7) is 4.66. The fourth-order valence-electron chi connectivity index (χ4n) is 2.22. The summed E-state index contributed by atoms with van der Waals surface area (Å²) in [4.78, 5) is 14.1. The normalized spacial score (nSPS) is 15.6. The lowest BCUT2D eigenvalue weighted by molar-refractivity contribution is -0.115. The second kappa shape index (κ2) is 7.62. The van der Waals surface area contributed by atoms with Gasteiger partial charge in [0.25, 0.3) is 0 Å². The van der Waals surface area contributed by atoms with E-state index in [-0.39, 0.29) is 5.91 Å². The summed E-state index contributed by atoms with van der Waals surface area (Å²) < 4.78 is 0.965. The molecule has 2 N–H and O–H groups in total. The average Bonchev–Trinajstić information content (AvgIpc) is 2.88. The largest absolute Gasteiger partial charge is 0.325 e. The Balaban J connectivity index is 1.61. The highest BCUT2D eigenvalue weighted by Crippen LogP contribution is 2.15. The van der Waals surface area contributed by atoms with Crippen molar-refractivity contribution in [1.82, 2.24) is 10.2 Å². The highest BCUT2D eigenvalue weighted by molar-refractivity contribution is 9.10. The monoisotopic (exact) mass is 325 g/mol. The highest BCUT2D eigenvalue weighted by atomic mass is 79.9. The van der Waals surface area contributed by atoms with Gasteiger partial charge in [0.05, 0.1) is 6.54 Å². The average molecular weight is 326 g/mol. The summed E-state index contributed by atoms with van der Waals surface area (Å²) in [5.74, 6) is -0.000443. The Morgan fingerprint density at radius 1 is 1.32 bits per heavy atom. The van der Waals surface area contributed by atoms with E-state index in [0.717, 1.165) is 23.2 Å². The maximum Gasteiger partial charge on any atom is 0.238 e. The molecule has 1 aromatic rings. The van der Waals surface area contributed by atoms with Crippen molar-refractivity contribution < 1.29 is 4.79 Å². The predicted octanol–water partition coefficient (Wildman–Crippen LogP) is 2.07. The number of nitrogens with one attached hydrogen (secondary N) is 2. The fourth-order valence-corrected chi connectivity index (χ4v) is 2.62. The molecule has 19 heavy (non-hydrogen) atoms. The van der Waals surface area contributed by atoms with Crippen LogP contribution >= 0.6 is 15.9 Å². The first-order valence-electron chi connectivity index (χ1n) is 6.72. The van der Waals surface area contributed by atoms with E-state index >= 15 is 0 Å². The number of hydrogen-bond donors (Lipinski definition) is 2. The molecular weight excluding hydrogens is 306 g/mol. The molecule has 1 saturated heterocycles. The highest BCUT2D eigenvalue weighted by Gasteiger charge is 2.10. The van der Waals surface area contributed by atoms with Gasteiger partial charge in [-0.1, -0.05) is 22.0 Å². The molecule has 1 amide bonds. The molecule has 0 bridgehead atoms. The van der Waals surface area contributed by atoms with E-state index in [9.17, 15) is 4.79 Å². The molecule has 4 nitrogen and oxygen atoms in total. The Bertz CT molecular complexity index is 419. The molecule has 0 spiro atoms. The summed E-state index contributed by atoms with van der Waals surface area (Å²) in [5.41, 5.74) is 0.820. The van der Waals surface area contributed by atoms with Crippen molar-refractivity contribution >= 4 is 27.5 Å². The van der Waals surface area contributed by atoms with Crippen LogP contribution in [0.5, 0.6) is 0 Å². The van der Waals surface area contributed by atoms with Crippen LogP contribution < -0.4 is 10.6 Å². The number of rotatable bonds is 6. The Kier molecular flexibility index (Phi) is 5.82. The lowest BCUT2D eigenvalue weighted by Crippen LogP contribution is -2.34. The lowest BCUT2D eigenvalue weighted by atomic mass is 10.3. The Labute approximate surface area is 122 Å². The van der Waals surface area contributed by atoms with Gasteiger partial charge in [-0.15, -0.1) is 0 Å². The smallest absolute Gasteiger partial charge is 0.238 e. The van der Waals surface area contributed by atoms with E-state index in [1.807, 2.05) is 24.3 Å². The first-order valence-corrected chi connectivity index (χ1v) is 7.52. The van der Waals surface area contributed by atoms with Crippen LogP contribution in [0.25, 0.3) is 0 Å². The van der Waals surface area contributed by atoms with Gasteiger partial charge in [-0.25, -0.2) is 0 Å². The van der Waals surface area contributed by atoms with Crippen molar-refractivity contribution in [2.75, 3.05) is 38.0 Å². The van der Waals surface area contributed by atoms with Crippen LogP contribution in [0.4, 0.5) is 5.69 Å². The molecule has 0 saturated carbocycles. The van der Waals surface area contributed by atoms with Crippen LogP contribution in [-0.4, -0.2) is 43.5 Å². The Morgan fingerprint density at radius 2 is 2.11 bits per heavy atom. The Hall–Kier alpha value is -0.910. The zero-order chi connectivity index (χ0) is 13.5. The summed E-state index contributed by atoms with van der Waals surface area (Å²) in [5, 5.41) is 6.05. The van der Waals surface area contributed by atoms with Gasteiger partial charge in [0.2, 0.25) is 5.91 Å². The minimum absolute atomic E-state index is 0.000443. The molecule has 1 aliphatic rings. The molecular formula is C14H20BrN3O. The van der Waals surface area contributed by atoms with Crippen molar-refractivity contribution in [3.63, 3.8) is 0 Å². The number of hydrogen-bond acceptors (Lipinski definition) is 3. The van der Waals surface area contributed by atoms with Gasteiger partial charge in [0, 0.05) is 23.2 Å². The SMILES string of the molecule is O=C(CNCCN1CCCC1)Nc1cccc(Br)c1. The standard InChI is InChI=1S/C14H20BrN3O/c15-12-4-3-5-13(10-12)17-14(19)11-16-6-9-18-7-1-2-8-18/h3-5,10,16H,1-2,6-9,11H2,(H,17,19). The summed E-state index contributed by atoms with van der Waals surface area (Å²) in [6.07, 6.45) is 2.62. The molecule has 0 unspecified atom stereocenters. The number of benzene rings is 1. The molecule has 0 atom stereocenters. The summed E-state index contributed by atoms with van der Waals surface area (Å²) in [7, 11) is 0. The van der Waals surface area contributed by atoms with Crippen molar-refractivity contribution in [3.8, 4) is 0 Å². The van der Waals surface area contributed by atoms with E-state index < -0.39 is 0 Å². The minimum Gasteiger partial charge on any atom is -0.325 e. The maximum atomic E-state index is 11.7. The number of likely N-dealkylation sites (tertiary alicyclic amines) is 1. The van der Waals surface area contributed by atoms with Crippen LogP contribution in [0.3, 0.4) is 0 Å². The minimum atomic E-state index is -0.000443. The number of nitrogens with zero attached hydrogens (tertiary/aromatic N) is 1. The number of carbonyl (C=O) groups is 1. The molecule has 0 aromatic heterocycles. The maximum absolute atomic E-state index is 11.7. The van der Waals surface area contributed by atoms with Gasteiger partial charge >= 0.3 is 0 Å². The van der Waals surface area contributed by atoms with Gasteiger partial charge in [-0.2, -0.15) is 0 Å². The fraction of sp³-hybridized carbons (Fsp3) is 0.500. The second-order valence-electron chi connectivity index (χ2n) is 4.78. The first-order chi connectivity index (χ1) is 9.24. The molecule has 0 aliphatic carbocycles. The van der Waals surface area contributed by atoms with Crippen LogP contribution in [0, 0.1) is 0 Å². The van der Waals surface area contributed by atoms with Crippen molar-refractivity contribution in [2.45, 2.75) is 12.8 Å². The predicted molar refractivity (Wildman–Crippen MR) is 81.3 cm³/mol. The molecule has 5 heteroatoms. The van der Waals surface area contributed by atoms with E-state index in [2.05, 4.69) is 31.5 Å². The van der Waals surface area contributed by atoms with Gasteiger partial charge in [-0.05, 0) is 44.1 Å². The molecule has 1 heterocycles. The van der Waals surface area contributed by atoms with Crippen molar-refractivity contribution in [3.05, 3.63) is 28.7 Å². The number of halogens is 1. The number of anilines is 1. The van der Waals surface area contributed by atoms with Crippen LogP contribution in [0.15, 0.2) is 28.7 Å². The van der Waals surface area contributed by atoms with E-state index in [1.165, 1.54) is 25.9 Å². The third kappa shape index (κ3) is 5.30. The molecule has 2 rings (SSSR count). The van der Waals surface area contributed by atoms with Crippen LogP contribution in [-0.2, 0) is 4.79 Å². The number of carbonyl (C=O) groups excluding carboxylic acids is 1. The van der Waals surface area contributed by atoms with Gasteiger partial charge in [0.1, 0.15) is 0 Å². The zero-order valence-electron chi connectivity index (χ0n) is 11.0. The molecule has 1 aromatic carbocycles. The van der Waals surface area contributed by atoms with E-state index in [1.54, 1.807) is 0 Å². The molecule has 1 fully saturated rings. The molecule has 0 radical (unpaired) electrons. The Morgan fingerprint density at radius 3 is 2.84 bits per heavy atom. The van der Waals surface area contributed by atoms with Crippen molar-refractivity contribution in [2.24, 2.45) is 0 Å². The summed E-state index contributed by atoms with van der Waals surface area (Å²) >= 11 is 3.38. The van der Waals surface area contributed by atoms with Gasteiger partial charge < -0.3 is 15.5 Å². The lowest BCUT2D eigenvalue weighted by Gasteiger charge is -2.14. The van der Waals surface area contributed by atoms with Gasteiger partial charge in [0.15, 0.2) is 0 Å². The zero-order valence-corrected chi connectivity index (χ0v) is 12.6. The molecule has 1 aliphatic heterocycles.